The van der Waals surface area contributed by atoms with Gasteiger partial charge in [-0.05, 0) is 50.6 Å². The van der Waals surface area contributed by atoms with Gasteiger partial charge in [0.1, 0.15) is 11.6 Å². The van der Waals surface area contributed by atoms with Crippen LogP contribution in [0, 0.1) is 5.82 Å². The van der Waals surface area contributed by atoms with E-state index in [0.717, 1.165) is 41.4 Å². The van der Waals surface area contributed by atoms with Crippen molar-refractivity contribution in [3.8, 4) is 11.3 Å². The molecule has 3 rings (SSSR count). The maximum atomic E-state index is 13.2. The molecule has 0 aliphatic carbocycles. The van der Waals surface area contributed by atoms with E-state index in [2.05, 4.69) is 30.3 Å². The molecule has 0 unspecified atom stereocenters. The molecule has 2 aromatic rings. The second-order valence-electron chi connectivity index (χ2n) is 6.12. The molecule has 110 valence electrons. The van der Waals surface area contributed by atoms with Crippen molar-refractivity contribution in [2.24, 2.45) is 0 Å². The minimum absolute atomic E-state index is 0.180. The lowest BCUT2D eigenvalue weighted by molar-refractivity contribution is 0.315. The number of aromatic nitrogens is 2. The normalized spacial score (nSPS) is 16.6. The standard InChI is InChI=1S/C17H20FN3/c1-11(2)15-14(12-5-7-13(18)8-6-12)20-16-17(3,4)19-9-10-21(15)16/h5-8,19H,1,9-10H2,2-4H3. The molecule has 0 radical (unpaired) electrons. The molecular formula is C17H20FN3. The number of hydrogen-bond acceptors (Lipinski definition) is 2. The highest BCUT2D eigenvalue weighted by molar-refractivity contribution is 5.76. The fraction of sp³-hybridized carbons (Fsp3) is 0.353. The van der Waals surface area contributed by atoms with Crippen molar-refractivity contribution in [2.75, 3.05) is 6.54 Å². The van der Waals surface area contributed by atoms with E-state index in [4.69, 9.17) is 4.98 Å². The van der Waals surface area contributed by atoms with Gasteiger partial charge in [0.2, 0.25) is 0 Å². The second-order valence-corrected chi connectivity index (χ2v) is 6.12. The molecule has 21 heavy (non-hydrogen) atoms. The van der Waals surface area contributed by atoms with Crippen LogP contribution in [0.4, 0.5) is 4.39 Å². The molecule has 2 heterocycles. The third kappa shape index (κ3) is 2.29. The van der Waals surface area contributed by atoms with Gasteiger partial charge in [0.25, 0.3) is 0 Å². The zero-order valence-electron chi connectivity index (χ0n) is 12.7. The molecule has 4 heteroatoms. The SMILES string of the molecule is C=C(C)c1c(-c2ccc(F)cc2)nc2n1CCNC2(C)C. The quantitative estimate of drug-likeness (QED) is 0.914. The third-order valence-corrected chi connectivity index (χ3v) is 3.95. The summed E-state index contributed by atoms with van der Waals surface area (Å²) in [5.74, 6) is 0.771. The molecule has 0 amide bonds. The van der Waals surface area contributed by atoms with Gasteiger partial charge in [-0.1, -0.05) is 6.58 Å². The predicted octanol–water partition coefficient (Wildman–Crippen LogP) is 3.56. The lowest BCUT2D eigenvalue weighted by Crippen LogP contribution is -2.45. The van der Waals surface area contributed by atoms with Gasteiger partial charge in [-0.15, -0.1) is 0 Å². The van der Waals surface area contributed by atoms with Crippen LogP contribution in [0.2, 0.25) is 0 Å². The maximum Gasteiger partial charge on any atom is 0.129 e. The van der Waals surface area contributed by atoms with E-state index >= 15 is 0 Å². The number of nitrogens with one attached hydrogen (secondary N) is 1. The summed E-state index contributed by atoms with van der Waals surface area (Å²) in [6, 6.07) is 6.49. The topological polar surface area (TPSA) is 29.9 Å². The largest absolute Gasteiger partial charge is 0.325 e. The Morgan fingerprint density at radius 1 is 1.33 bits per heavy atom. The van der Waals surface area contributed by atoms with Crippen molar-refractivity contribution < 1.29 is 4.39 Å². The summed E-state index contributed by atoms with van der Waals surface area (Å²) >= 11 is 0. The van der Waals surface area contributed by atoms with Crippen LogP contribution in [-0.2, 0) is 12.1 Å². The number of nitrogens with zero attached hydrogens (tertiary/aromatic N) is 2. The van der Waals surface area contributed by atoms with Gasteiger partial charge in [-0.25, -0.2) is 9.37 Å². The molecule has 0 fully saturated rings. The Labute approximate surface area is 124 Å². The maximum absolute atomic E-state index is 13.2. The Bertz CT molecular complexity index is 696. The summed E-state index contributed by atoms with van der Waals surface area (Å²) in [4.78, 5) is 4.84. The molecule has 1 N–H and O–H groups in total. The van der Waals surface area contributed by atoms with Crippen LogP contribution in [0.25, 0.3) is 16.8 Å². The van der Waals surface area contributed by atoms with Crippen LogP contribution in [0.1, 0.15) is 32.3 Å². The highest BCUT2D eigenvalue weighted by Gasteiger charge is 2.32. The van der Waals surface area contributed by atoms with Gasteiger partial charge < -0.3 is 9.88 Å². The zero-order valence-corrected chi connectivity index (χ0v) is 12.7. The molecular weight excluding hydrogens is 265 g/mol. The molecule has 1 aliphatic heterocycles. The van der Waals surface area contributed by atoms with Crippen molar-refractivity contribution in [2.45, 2.75) is 32.9 Å². The molecule has 0 bridgehead atoms. The van der Waals surface area contributed by atoms with Crippen molar-refractivity contribution in [3.63, 3.8) is 0 Å². The summed E-state index contributed by atoms with van der Waals surface area (Å²) in [6.07, 6.45) is 0. The first-order valence-electron chi connectivity index (χ1n) is 7.18. The number of rotatable bonds is 2. The Morgan fingerprint density at radius 2 is 2.00 bits per heavy atom. The Morgan fingerprint density at radius 3 is 2.62 bits per heavy atom. The highest BCUT2D eigenvalue weighted by Crippen LogP contribution is 2.34. The van der Waals surface area contributed by atoms with E-state index in [9.17, 15) is 4.39 Å². The molecule has 0 spiro atoms. The first kappa shape index (κ1) is 14.0. The first-order valence-corrected chi connectivity index (χ1v) is 7.18. The van der Waals surface area contributed by atoms with Crippen LogP contribution in [0.5, 0.6) is 0 Å². The van der Waals surface area contributed by atoms with E-state index in [1.54, 1.807) is 12.1 Å². The van der Waals surface area contributed by atoms with Crippen LogP contribution in [0.15, 0.2) is 30.8 Å². The number of imidazole rings is 1. The molecule has 0 saturated carbocycles. The Balaban J connectivity index is 2.24. The molecule has 3 nitrogen and oxygen atoms in total. The average molecular weight is 285 g/mol. The van der Waals surface area contributed by atoms with Crippen molar-refractivity contribution in [1.29, 1.82) is 0 Å². The summed E-state index contributed by atoms with van der Waals surface area (Å²) in [6.45, 7) is 12.1. The van der Waals surface area contributed by atoms with Gasteiger partial charge >= 0.3 is 0 Å². The van der Waals surface area contributed by atoms with Gasteiger partial charge in [0.05, 0.1) is 16.9 Å². The van der Waals surface area contributed by atoms with Crippen LogP contribution >= 0.6 is 0 Å². The Hall–Kier alpha value is -1.94. The second kappa shape index (κ2) is 4.81. The van der Waals surface area contributed by atoms with E-state index in [-0.39, 0.29) is 11.4 Å². The average Bonchev–Trinajstić information content (AvgIpc) is 2.80. The van der Waals surface area contributed by atoms with E-state index < -0.39 is 0 Å². The lowest BCUT2D eigenvalue weighted by Gasteiger charge is -2.32. The van der Waals surface area contributed by atoms with Crippen LogP contribution in [0.3, 0.4) is 0 Å². The molecule has 0 atom stereocenters. The molecule has 0 saturated heterocycles. The van der Waals surface area contributed by atoms with E-state index in [0.29, 0.717) is 0 Å². The number of allylic oxidation sites excluding steroid dienone is 1. The number of hydrogen-bond donors (Lipinski definition) is 1. The summed E-state index contributed by atoms with van der Waals surface area (Å²) in [7, 11) is 0. The smallest absolute Gasteiger partial charge is 0.129 e. The number of fused-ring (bicyclic) bond motifs is 1. The monoisotopic (exact) mass is 285 g/mol. The van der Waals surface area contributed by atoms with Crippen molar-refractivity contribution in [3.05, 3.63) is 48.2 Å². The predicted molar refractivity (Wildman–Crippen MR) is 83.4 cm³/mol. The first-order chi connectivity index (χ1) is 9.90. The lowest BCUT2D eigenvalue weighted by atomic mass is 10.0. The zero-order chi connectivity index (χ0) is 15.2. The van der Waals surface area contributed by atoms with Crippen LogP contribution < -0.4 is 5.32 Å². The number of halogens is 1. The highest BCUT2D eigenvalue weighted by atomic mass is 19.1. The number of benzene rings is 1. The fourth-order valence-corrected chi connectivity index (χ4v) is 2.95. The Kier molecular flexibility index (Phi) is 3.21. The van der Waals surface area contributed by atoms with E-state index in [1.807, 2.05) is 6.92 Å². The van der Waals surface area contributed by atoms with E-state index in [1.165, 1.54) is 12.1 Å². The minimum Gasteiger partial charge on any atom is -0.325 e. The van der Waals surface area contributed by atoms with Crippen LogP contribution in [-0.4, -0.2) is 16.1 Å². The van der Waals surface area contributed by atoms with Gasteiger partial charge in [0, 0.05) is 18.7 Å². The minimum atomic E-state index is -0.235. The van der Waals surface area contributed by atoms with Crippen molar-refractivity contribution >= 4 is 5.57 Å². The van der Waals surface area contributed by atoms with Crippen molar-refractivity contribution in [1.82, 2.24) is 14.9 Å². The van der Waals surface area contributed by atoms with Gasteiger partial charge in [-0.2, -0.15) is 0 Å². The fourth-order valence-electron chi connectivity index (χ4n) is 2.95. The third-order valence-electron chi connectivity index (χ3n) is 3.95. The van der Waals surface area contributed by atoms with Gasteiger partial charge in [0.15, 0.2) is 0 Å². The molecule has 1 aromatic heterocycles. The van der Waals surface area contributed by atoms with Gasteiger partial charge in [-0.3, -0.25) is 0 Å². The summed E-state index contributed by atoms with van der Waals surface area (Å²) < 4.78 is 15.4. The summed E-state index contributed by atoms with van der Waals surface area (Å²) in [5.41, 5.74) is 3.65. The summed E-state index contributed by atoms with van der Waals surface area (Å²) in [5, 5.41) is 3.48. The molecule has 1 aromatic carbocycles. The molecule has 1 aliphatic rings.